The number of nitrogens with zero attached hydrogens (tertiary/aromatic N) is 1. The molecule has 14 heavy (non-hydrogen) atoms. The minimum atomic E-state index is 0.172. The normalized spacial score (nSPS) is 18.2. The summed E-state index contributed by atoms with van der Waals surface area (Å²) in [6, 6.07) is 3.94. The van der Waals surface area contributed by atoms with Crippen molar-refractivity contribution in [2.75, 3.05) is 25.1 Å². The first-order valence-corrected chi connectivity index (χ1v) is 5.92. The third-order valence-electron chi connectivity index (χ3n) is 2.80. The number of aliphatic hydroxyl groups is 1. The summed E-state index contributed by atoms with van der Waals surface area (Å²) in [5.74, 6) is 0. The molecule has 1 aromatic heterocycles. The van der Waals surface area contributed by atoms with Crippen LogP contribution in [0.2, 0.25) is 4.34 Å². The number of thiophene rings is 1. The van der Waals surface area contributed by atoms with E-state index in [-0.39, 0.29) is 5.41 Å². The minimum absolute atomic E-state index is 0.172. The highest BCUT2D eigenvalue weighted by Crippen LogP contribution is 2.46. The predicted octanol–water partition coefficient (Wildman–Crippen LogP) is 2.61. The molecule has 1 aromatic rings. The van der Waals surface area contributed by atoms with Crippen molar-refractivity contribution in [3.8, 4) is 0 Å². The first-order chi connectivity index (χ1) is 6.65. The van der Waals surface area contributed by atoms with Crippen LogP contribution in [0.1, 0.15) is 12.8 Å². The lowest BCUT2D eigenvalue weighted by molar-refractivity contribution is 0.215. The van der Waals surface area contributed by atoms with Crippen LogP contribution < -0.4 is 4.90 Å². The Morgan fingerprint density at radius 1 is 1.57 bits per heavy atom. The van der Waals surface area contributed by atoms with Gasteiger partial charge in [-0.3, -0.25) is 0 Å². The number of hydrogen-bond acceptors (Lipinski definition) is 3. The Hall–Kier alpha value is -0.250. The van der Waals surface area contributed by atoms with Gasteiger partial charge in [-0.05, 0) is 25.0 Å². The maximum atomic E-state index is 9.21. The predicted molar refractivity (Wildman–Crippen MR) is 61.4 cm³/mol. The summed E-state index contributed by atoms with van der Waals surface area (Å²) in [6.07, 6.45) is 2.29. The van der Waals surface area contributed by atoms with Crippen molar-refractivity contribution in [1.82, 2.24) is 0 Å². The van der Waals surface area contributed by atoms with E-state index in [1.807, 2.05) is 12.1 Å². The third-order valence-corrected chi connectivity index (χ3v) is 4.15. The van der Waals surface area contributed by atoms with E-state index in [1.165, 1.54) is 5.00 Å². The average Bonchev–Trinajstić information content (AvgIpc) is 2.80. The second kappa shape index (κ2) is 3.72. The summed E-state index contributed by atoms with van der Waals surface area (Å²) in [6.45, 7) is 1.23. The fourth-order valence-corrected chi connectivity index (χ4v) is 2.63. The molecule has 4 heteroatoms. The van der Waals surface area contributed by atoms with E-state index in [0.29, 0.717) is 6.61 Å². The molecule has 1 fully saturated rings. The fraction of sp³-hybridized carbons (Fsp3) is 0.600. The molecular weight excluding hydrogens is 218 g/mol. The average molecular weight is 232 g/mol. The van der Waals surface area contributed by atoms with Gasteiger partial charge in [0, 0.05) is 19.0 Å². The molecule has 2 rings (SSSR count). The first kappa shape index (κ1) is 10.3. The maximum absolute atomic E-state index is 9.21. The zero-order chi connectivity index (χ0) is 10.2. The number of halogens is 1. The molecule has 2 nitrogen and oxygen atoms in total. The van der Waals surface area contributed by atoms with Gasteiger partial charge in [0.05, 0.1) is 15.9 Å². The molecule has 1 N–H and O–H groups in total. The van der Waals surface area contributed by atoms with Crippen LogP contribution in [0.4, 0.5) is 5.00 Å². The van der Waals surface area contributed by atoms with E-state index in [0.717, 1.165) is 23.7 Å². The van der Waals surface area contributed by atoms with Crippen LogP contribution >= 0.6 is 22.9 Å². The van der Waals surface area contributed by atoms with Crippen molar-refractivity contribution in [2.24, 2.45) is 5.41 Å². The Kier molecular flexibility index (Phi) is 2.73. The lowest BCUT2D eigenvalue weighted by Crippen LogP contribution is -2.27. The Labute approximate surface area is 93.1 Å². The third kappa shape index (κ3) is 2.05. The number of aliphatic hydroxyl groups excluding tert-OH is 1. The van der Waals surface area contributed by atoms with Gasteiger partial charge in [-0.1, -0.05) is 11.6 Å². The Bertz CT molecular complexity index is 322. The summed E-state index contributed by atoms with van der Waals surface area (Å²) in [4.78, 5) is 2.18. The van der Waals surface area contributed by atoms with E-state index in [9.17, 15) is 5.11 Å². The highest BCUT2D eigenvalue weighted by Gasteiger charge is 2.42. The van der Waals surface area contributed by atoms with Crippen molar-refractivity contribution >= 4 is 27.9 Å². The van der Waals surface area contributed by atoms with Gasteiger partial charge in [0.1, 0.15) is 0 Å². The van der Waals surface area contributed by atoms with Gasteiger partial charge in [-0.15, -0.1) is 11.3 Å². The zero-order valence-electron chi connectivity index (χ0n) is 8.16. The fourth-order valence-electron chi connectivity index (χ4n) is 1.63. The van der Waals surface area contributed by atoms with Gasteiger partial charge in [0.2, 0.25) is 0 Å². The zero-order valence-corrected chi connectivity index (χ0v) is 9.74. The smallest absolute Gasteiger partial charge is 0.0950 e. The molecule has 0 amide bonds. The molecular formula is C10H14ClNOS. The minimum Gasteiger partial charge on any atom is -0.396 e. The number of anilines is 1. The van der Waals surface area contributed by atoms with Gasteiger partial charge in [0.25, 0.3) is 0 Å². The van der Waals surface area contributed by atoms with Crippen LogP contribution in [-0.4, -0.2) is 25.3 Å². The Morgan fingerprint density at radius 2 is 2.29 bits per heavy atom. The molecule has 1 aliphatic rings. The van der Waals surface area contributed by atoms with Crippen molar-refractivity contribution in [2.45, 2.75) is 12.8 Å². The van der Waals surface area contributed by atoms with E-state index in [4.69, 9.17) is 11.6 Å². The molecule has 1 saturated carbocycles. The molecule has 0 saturated heterocycles. The standard InChI is InChI=1S/C10H14ClNOS/c1-12(6-10(7-13)4-5-10)9-3-2-8(11)14-9/h2-3,13H,4-7H2,1H3. The second-order valence-electron chi connectivity index (χ2n) is 4.09. The van der Waals surface area contributed by atoms with Gasteiger partial charge in [-0.25, -0.2) is 0 Å². The highest BCUT2D eigenvalue weighted by molar-refractivity contribution is 7.19. The largest absolute Gasteiger partial charge is 0.396 e. The Morgan fingerprint density at radius 3 is 2.71 bits per heavy atom. The van der Waals surface area contributed by atoms with E-state index >= 15 is 0 Å². The summed E-state index contributed by atoms with van der Waals surface area (Å²) in [5, 5.41) is 10.4. The van der Waals surface area contributed by atoms with Crippen LogP contribution in [0.5, 0.6) is 0 Å². The summed E-state index contributed by atoms with van der Waals surface area (Å²) in [5.41, 5.74) is 0.172. The van der Waals surface area contributed by atoms with Gasteiger partial charge < -0.3 is 10.0 Å². The maximum Gasteiger partial charge on any atom is 0.0950 e. The molecule has 0 unspecified atom stereocenters. The lowest BCUT2D eigenvalue weighted by Gasteiger charge is -2.22. The quantitative estimate of drug-likeness (QED) is 0.861. The Balaban J connectivity index is 1.99. The van der Waals surface area contributed by atoms with Crippen molar-refractivity contribution in [3.05, 3.63) is 16.5 Å². The summed E-state index contributed by atoms with van der Waals surface area (Å²) < 4.78 is 0.820. The van der Waals surface area contributed by atoms with Crippen LogP contribution in [0.25, 0.3) is 0 Å². The van der Waals surface area contributed by atoms with Crippen molar-refractivity contribution in [1.29, 1.82) is 0 Å². The molecule has 0 aromatic carbocycles. The monoisotopic (exact) mass is 231 g/mol. The van der Waals surface area contributed by atoms with Crippen LogP contribution in [-0.2, 0) is 0 Å². The van der Waals surface area contributed by atoms with Gasteiger partial charge >= 0.3 is 0 Å². The molecule has 0 radical (unpaired) electrons. The van der Waals surface area contributed by atoms with Crippen LogP contribution in [0, 0.1) is 5.41 Å². The first-order valence-electron chi connectivity index (χ1n) is 4.73. The van der Waals surface area contributed by atoms with E-state index < -0.39 is 0 Å². The van der Waals surface area contributed by atoms with Crippen molar-refractivity contribution in [3.63, 3.8) is 0 Å². The lowest BCUT2D eigenvalue weighted by atomic mass is 10.1. The molecule has 78 valence electrons. The summed E-state index contributed by atoms with van der Waals surface area (Å²) in [7, 11) is 2.05. The molecule has 0 spiro atoms. The molecule has 0 aliphatic heterocycles. The van der Waals surface area contributed by atoms with E-state index in [2.05, 4.69) is 11.9 Å². The van der Waals surface area contributed by atoms with Gasteiger partial charge in [-0.2, -0.15) is 0 Å². The van der Waals surface area contributed by atoms with Crippen LogP contribution in [0.3, 0.4) is 0 Å². The second-order valence-corrected chi connectivity index (χ2v) is 5.79. The number of rotatable bonds is 4. The molecule has 1 aliphatic carbocycles. The summed E-state index contributed by atoms with van der Waals surface area (Å²) >= 11 is 7.45. The van der Waals surface area contributed by atoms with E-state index in [1.54, 1.807) is 11.3 Å². The van der Waals surface area contributed by atoms with Crippen LogP contribution in [0.15, 0.2) is 12.1 Å². The number of hydrogen-bond donors (Lipinski definition) is 1. The molecule has 0 bridgehead atoms. The SMILES string of the molecule is CN(CC1(CO)CC1)c1ccc(Cl)s1. The highest BCUT2D eigenvalue weighted by atomic mass is 35.5. The molecule has 1 heterocycles. The topological polar surface area (TPSA) is 23.5 Å². The van der Waals surface area contributed by atoms with Gasteiger partial charge in [0.15, 0.2) is 0 Å². The molecule has 0 atom stereocenters. The van der Waals surface area contributed by atoms with Crippen molar-refractivity contribution < 1.29 is 5.11 Å².